The molecule has 1 nitrogen and oxygen atoms in total. The lowest BCUT2D eigenvalue weighted by atomic mass is 10.7. The van der Waals surface area contributed by atoms with Gasteiger partial charge in [0.2, 0.25) is 0 Å². The lowest BCUT2D eigenvalue weighted by Gasteiger charge is -1.76. The Labute approximate surface area is 46.2 Å². The molecule has 0 saturated carbocycles. The molecule has 0 saturated heterocycles. The van der Waals surface area contributed by atoms with Crippen LogP contribution in [0.4, 0.5) is 0 Å². The molecular weight excluding hydrogens is 123 g/mol. The first-order chi connectivity index (χ1) is 2.64. The predicted octanol–water partition coefficient (Wildman–Crippen LogP) is 2.08. The van der Waals surface area contributed by atoms with E-state index in [1.807, 2.05) is 0 Å². The highest BCUT2D eigenvalue weighted by atomic mass is 35.5. The van der Waals surface area contributed by atoms with Gasteiger partial charge in [0.1, 0.15) is 0 Å². The van der Waals surface area contributed by atoms with E-state index in [9.17, 15) is 5.11 Å². The van der Waals surface area contributed by atoms with Gasteiger partial charge in [0.05, 0.1) is 5.03 Å². The minimum absolute atomic E-state index is 0.108. The van der Waals surface area contributed by atoms with Crippen LogP contribution in [-0.2, 0) is 5.11 Å². The predicted molar refractivity (Wildman–Crippen MR) is 25.1 cm³/mol. The Bertz CT molecular complexity index is 58.9. The van der Waals surface area contributed by atoms with Crippen molar-refractivity contribution >= 4 is 23.2 Å². The normalized spacial score (nSPS) is 13.8. The van der Waals surface area contributed by atoms with E-state index < -0.39 is 5.22 Å². The molecule has 0 amide bonds. The summed E-state index contributed by atoms with van der Waals surface area (Å²) in [6.07, 6.45) is 0. The van der Waals surface area contributed by atoms with Gasteiger partial charge in [0.25, 0.3) is 5.22 Å². The zero-order valence-electron chi connectivity index (χ0n) is 3.16. The first-order valence-corrected chi connectivity index (χ1v) is 2.09. The summed E-state index contributed by atoms with van der Waals surface area (Å²) >= 11 is 9.85. The van der Waals surface area contributed by atoms with Crippen molar-refractivity contribution in [3.05, 3.63) is 10.3 Å². The molecule has 0 unspecified atom stereocenters. The van der Waals surface area contributed by atoms with Gasteiger partial charge in [-0.05, 0) is 18.5 Å². The van der Waals surface area contributed by atoms with Gasteiger partial charge in [-0.3, -0.25) is 5.11 Å². The number of halogens is 2. The van der Waals surface area contributed by atoms with Crippen LogP contribution in [0, 0.1) is 0 Å². The zero-order chi connectivity index (χ0) is 5.15. The summed E-state index contributed by atoms with van der Waals surface area (Å²) in [4.78, 5) is 0. The molecular formula is C3H3Cl2O. The molecule has 3 heteroatoms. The smallest absolute Gasteiger partial charge is 0.259 e. The van der Waals surface area contributed by atoms with Crippen LogP contribution in [0.2, 0.25) is 0 Å². The maximum Gasteiger partial charge on any atom is 0.259 e. The molecule has 0 aromatic heterocycles. The molecule has 0 aliphatic heterocycles. The van der Waals surface area contributed by atoms with Crippen molar-refractivity contribution < 1.29 is 5.11 Å². The third kappa shape index (κ3) is 2.36. The van der Waals surface area contributed by atoms with Crippen molar-refractivity contribution in [2.24, 2.45) is 0 Å². The van der Waals surface area contributed by atoms with Crippen molar-refractivity contribution in [3.63, 3.8) is 0 Å². The van der Waals surface area contributed by atoms with E-state index in [4.69, 9.17) is 23.2 Å². The Morgan fingerprint density at radius 1 is 1.50 bits per heavy atom. The Kier molecular flexibility index (Phi) is 2.37. The van der Waals surface area contributed by atoms with Crippen molar-refractivity contribution in [3.8, 4) is 0 Å². The Morgan fingerprint density at radius 3 is 1.67 bits per heavy atom. The van der Waals surface area contributed by atoms with Gasteiger partial charge in [-0.25, -0.2) is 0 Å². The molecule has 1 radical (unpaired) electrons. The van der Waals surface area contributed by atoms with Crippen molar-refractivity contribution in [1.29, 1.82) is 0 Å². The second kappa shape index (κ2) is 2.32. The van der Waals surface area contributed by atoms with E-state index in [0.717, 1.165) is 0 Å². The number of allylic oxidation sites excluding steroid dienone is 1. The summed E-state index contributed by atoms with van der Waals surface area (Å²) in [6, 6.07) is 0. The molecule has 6 heavy (non-hydrogen) atoms. The molecule has 0 rings (SSSR count). The fourth-order valence-electron chi connectivity index (χ4n) is 0. The Morgan fingerprint density at radius 2 is 1.67 bits per heavy atom. The molecule has 0 aromatic carbocycles. The molecule has 0 bridgehead atoms. The Hall–Kier alpha value is 0.120. The lowest BCUT2D eigenvalue weighted by Crippen LogP contribution is -1.61. The molecule has 35 valence electrons. The van der Waals surface area contributed by atoms with Gasteiger partial charge in [-0.2, -0.15) is 0 Å². The summed E-state index contributed by atoms with van der Waals surface area (Å²) < 4.78 is 0. The minimum Gasteiger partial charge on any atom is -0.275 e. The fourth-order valence-corrected chi connectivity index (χ4v) is 0. The average Bonchev–Trinajstić information content (AvgIpc) is 1.36. The second-order valence-corrected chi connectivity index (χ2v) is 1.72. The van der Waals surface area contributed by atoms with Crippen molar-refractivity contribution in [1.82, 2.24) is 0 Å². The highest BCUT2D eigenvalue weighted by Gasteiger charge is 1.89. The second-order valence-electron chi connectivity index (χ2n) is 0.807. The highest BCUT2D eigenvalue weighted by Crippen LogP contribution is 2.08. The number of hydrogen-bond acceptors (Lipinski definition) is 0. The lowest BCUT2D eigenvalue weighted by molar-refractivity contribution is 0.330. The van der Waals surface area contributed by atoms with Gasteiger partial charge in [0, 0.05) is 0 Å². The van der Waals surface area contributed by atoms with E-state index in [-0.39, 0.29) is 5.03 Å². The standard InChI is InChI=1S/C3H3Cl2O/c1-2(4)3(5)6/h1H3/b3-2+. The molecule has 0 aliphatic rings. The maximum absolute atomic E-state index is 9.74. The van der Waals surface area contributed by atoms with E-state index >= 15 is 0 Å². The van der Waals surface area contributed by atoms with Crippen LogP contribution in [0.1, 0.15) is 6.92 Å². The third-order valence-electron chi connectivity index (χ3n) is 0.271. The van der Waals surface area contributed by atoms with Gasteiger partial charge >= 0.3 is 0 Å². The molecule has 0 aliphatic carbocycles. The SMILES string of the molecule is C/C(Cl)=C(\[O])Cl. The number of hydrogen-bond donors (Lipinski definition) is 0. The zero-order valence-corrected chi connectivity index (χ0v) is 4.68. The van der Waals surface area contributed by atoms with Gasteiger partial charge in [-0.15, -0.1) is 0 Å². The molecule has 0 fully saturated rings. The summed E-state index contributed by atoms with van der Waals surface area (Å²) in [5.41, 5.74) is 0. The largest absolute Gasteiger partial charge is 0.275 e. The molecule has 0 spiro atoms. The van der Waals surface area contributed by atoms with Crippen LogP contribution in [-0.4, -0.2) is 0 Å². The van der Waals surface area contributed by atoms with Crippen LogP contribution in [0.15, 0.2) is 10.3 Å². The van der Waals surface area contributed by atoms with Crippen LogP contribution in [0.25, 0.3) is 0 Å². The van der Waals surface area contributed by atoms with Crippen LogP contribution in [0.5, 0.6) is 0 Å². The Balaban J connectivity index is 3.68. The van der Waals surface area contributed by atoms with Gasteiger partial charge in [0.15, 0.2) is 0 Å². The molecule has 0 aromatic rings. The monoisotopic (exact) mass is 125 g/mol. The van der Waals surface area contributed by atoms with Gasteiger partial charge in [-0.1, -0.05) is 11.6 Å². The summed E-state index contributed by atoms with van der Waals surface area (Å²) in [5, 5.41) is 9.26. The summed E-state index contributed by atoms with van der Waals surface area (Å²) in [6.45, 7) is 1.44. The first-order valence-electron chi connectivity index (χ1n) is 1.33. The topological polar surface area (TPSA) is 19.9 Å². The molecule has 0 heterocycles. The van der Waals surface area contributed by atoms with E-state index in [0.29, 0.717) is 0 Å². The van der Waals surface area contributed by atoms with Crippen molar-refractivity contribution in [2.45, 2.75) is 6.92 Å². The van der Waals surface area contributed by atoms with Crippen molar-refractivity contribution in [2.75, 3.05) is 0 Å². The number of rotatable bonds is 0. The van der Waals surface area contributed by atoms with Crippen LogP contribution >= 0.6 is 23.2 Å². The molecule has 0 N–H and O–H groups in total. The van der Waals surface area contributed by atoms with Crippen LogP contribution in [0.3, 0.4) is 0 Å². The highest BCUT2D eigenvalue weighted by molar-refractivity contribution is 6.37. The maximum atomic E-state index is 9.74. The van der Waals surface area contributed by atoms with E-state index in [2.05, 4.69) is 0 Å². The van der Waals surface area contributed by atoms with Crippen LogP contribution < -0.4 is 0 Å². The minimum atomic E-state index is -0.586. The summed E-state index contributed by atoms with van der Waals surface area (Å²) in [5.74, 6) is 0. The van der Waals surface area contributed by atoms with Gasteiger partial charge < -0.3 is 0 Å². The first kappa shape index (κ1) is 6.12. The molecule has 0 atom stereocenters. The average molecular weight is 126 g/mol. The summed E-state index contributed by atoms with van der Waals surface area (Å²) in [7, 11) is 0. The quantitative estimate of drug-likeness (QED) is 0.443. The fraction of sp³-hybridized carbons (Fsp3) is 0.333. The van der Waals surface area contributed by atoms with E-state index in [1.54, 1.807) is 0 Å². The third-order valence-corrected chi connectivity index (χ3v) is 0.823. The van der Waals surface area contributed by atoms with E-state index in [1.165, 1.54) is 6.92 Å².